The van der Waals surface area contributed by atoms with E-state index >= 15 is 0 Å². The fourth-order valence-corrected chi connectivity index (χ4v) is 7.52. The Morgan fingerprint density at radius 3 is 2.30 bits per heavy atom. The molecule has 8 heteroatoms. The zero-order valence-corrected chi connectivity index (χ0v) is 25.1. The first-order chi connectivity index (χ1) is 22.3. The fraction of sp³-hybridized carbons (Fsp3) is 0.237. The van der Waals surface area contributed by atoms with Gasteiger partial charge in [-0.15, -0.1) is 0 Å². The van der Waals surface area contributed by atoms with E-state index in [1.165, 1.54) is 11.0 Å². The Kier molecular flexibility index (Phi) is 7.45. The molecule has 3 aromatic rings. The Morgan fingerprint density at radius 1 is 0.870 bits per heavy atom. The number of aliphatic hydroxyl groups is 1. The van der Waals surface area contributed by atoms with Crippen molar-refractivity contribution in [2.45, 2.75) is 25.7 Å². The van der Waals surface area contributed by atoms with Crippen LogP contribution in [0.4, 0.5) is 5.69 Å². The van der Waals surface area contributed by atoms with Gasteiger partial charge in [0.25, 0.3) is 0 Å². The van der Waals surface area contributed by atoms with Crippen molar-refractivity contribution in [3.05, 3.63) is 130 Å². The van der Waals surface area contributed by atoms with Crippen LogP contribution in [-0.2, 0) is 19.2 Å². The van der Waals surface area contributed by atoms with E-state index in [9.17, 15) is 29.1 Å². The maximum atomic E-state index is 14.2. The van der Waals surface area contributed by atoms with Crippen LogP contribution in [0.2, 0.25) is 0 Å². The molecule has 4 unspecified atom stereocenters. The van der Waals surface area contributed by atoms with Crippen molar-refractivity contribution in [1.82, 2.24) is 0 Å². The molecule has 3 aliphatic carbocycles. The average molecular weight is 614 g/mol. The van der Waals surface area contributed by atoms with Crippen molar-refractivity contribution in [1.29, 1.82) is 0 Å². The van der Waals surface area contributed by atoms with Crippen LogP contribution in [0.15, 0.2) is 113 Å². The molecule has 1 fully saturated rings. The summed E-state index contributed by atoms with van der Waals surface area (Å²) in [6, 6.07) is 22.6. The molecule has 46 heavy (non-hydrogen) atoms. The SMILES string of the molecule is CC1=CC(=O)C2=C(CC3C(=CCC4C(=O)N(c5ccc(C(=O)c6ccccc6)cc5)C(=O)C43)C2c2ccccc2OCCO)C1=O. The van der Waals surface area contributed by atoms with E-state index < -0.39 is 23.7 Å². The lowest BCUT2D eigenvalue weighted by molar-refractivity contribution is -0.123. The van der Waals surface area contributed by atoms with E-state index in [0.29, 0.717) is 51.3 Å². The minimum Gasteiger partial charge on any atom is -0.491 e. The van der Waals surface area contributed by atoms with E-state index in [1.54, 1.807) is 67.6 Å². The van der Waals surface area contributed by atoms with Crippen LogP contribution in [0.25, 0.3) is 0 Å². The molecule has 0 spiro atoms. The van der Waals surface area contributed by atoms with Crippen LogP contribution >= 0.6 is 0 Å². The zero-order valence-electron chi connectivity index (χ0n) is 25.1. The largest absolute Gasteiger partial charge is 0.491 e. The molecule has 4 aliphatic rings. The lowest BCUT2D eigenvalue weighted by Gasteiger charge is -2.42. The number of hydrogen-bond acceptors (Lipinski definition) is 7. The number of carbonyl (C=O) groups is 5. The summed E-state index contributed by atoms with van der Waals surface area (Å²) >= 11 is 0. The van der Waals surface area contributed by atoms with Crippen molar-refractivity contribution < 1.29 is 33.8 Å². The molecule has 7 rings (SSSR count). The molecule has 1 aliphatic heterocycles. The lowest BCUT2D eigenvalue weighted by Crippen LogP contribution is -2.40. The Hall–Kier alpha value is -5.21. The third-order valence-corrected chi connectivity index (χ3v) is 9.56. The second-order valence-electron chi connectivity index (χ2n) is 12.1. The molecule has 0 aromatic heterocycles. The number of amides is 2. The first-order valence-corrected chi connectivity index (χ1v) is 15.4. The van der Waals surface area contributed by atoms with Gasteiger partial charge < -0.3 is 9.84 Å². The van der Waals surface area contributed by atoms with E-state index in [1.807, 2.05) is 24.3 Å². The summed E-state index contributed by atoms with van der Waals surface area (Å²) in [5.74, 6) is -3.34. The number of aliphatic hydroxyl groups excluding tert-OH is 1. The summed E-state index contributed by atoms with van der Waals surface area (Å²) in [6.45, 7) is 1.46. The third-order valence-electron chi connectivity index (χ3n) is 9.56. The van der Waals surface area contributed by atoms with Crippen LogP contribution in [0.1, 0.15) is 47.2 Å². The molecular formula is C38H31NO7. The number of ether oxygens (including phenoxy) is 1. The van der Waals surface area contributed by atoms with Gasteiger partial charge in [-0.1, -0.05) is 60.2 Å². The molecule has 230 valence electrons. The summed E-state index contributed by atoms with van der Waals surface area (Å²) < 4.78 is 5.87. The molecule has 1 saturated heterocycles. The maximum absolute atomic E-state index is 14.2. The summed E-state index contributed by atoms with van der Waals surface area (Å²) in [7, 11) is 0. The van der Waals surface area contributed by atoms with Crippen LogP contribution in [0.3, 0.4) is 0 Å². The van der Waals surface area contributed by atoms with Gasteiger partial charge in [-0.3, -0.25) is 28.9 Å². The number of nitrogens with zero attached hydrogens (tertiary/aromatic N) is 1. The minimum atomic E-state index is -0.727. The van der Waals surface area contributed by atoms with Gasteiger partial charge in [0.05, 0.1) is 24.1 Å². The highest BCUT2D eigenvalue weighted by Gasteiger charge is 2.56. The van der Waals surface area contributed by atoms with Crippen molar-refractivity contribution >= 4 is 34.9 Å². The molecule has 1 N–H and O–H groups in total. The molecule has 2 amide bonds. The van der Waals surface area contributed by atoms with Gasteiger partial charge in [-0.2, -0.15) is 0 Å². The number of benzene rings is 3. The number of allylic oxidation sites excluding steroid dienone is 6. The quantitative estimate of drug-likeness (QED) is 0.174. The van der Waals surface area contributed by atoms with Gasteiger partial charge in [-0.05, 0) is 62.1 Å². The third kappa shape index (κ3) is 4.68. The number of rotatable bonds is 7. The smallest absolute Gasteiger partial charge is 0.238 e. The van der Waals surface area contributed by atoms with Crippen molar-refractivity contribution in [2.24, 2.45) is 17.8 Å². The number of imide groups is 1. The number of Topliss-reactive ketones (excluding diaryl/α,β-unsaturated/α-hetero) is 1. The van der Waals surface area contributed by atoms with E-state index in [4.69, 9.17) is 4.74 Å². The highest BCUT2D eigenvalue weighted by atomic mass is 16.5. The van der Waals surface area contributed by atoms with Crippen LogP contribution in [0, 0.1) is 17.8 Å². The predicted octanol–water partition coefficient (Wildman–Crippen LogP) is 4.92. The summed E-state index contributed by atoms with van der Waals surface area (Å²) in [5, 5.41) is 9.44. The van der Waals surface area contributed by atoms with Crippen LogP contribution < -0.4 is 9.64 Å². The lowest BCUT2D eigenvalue weighted by atomic mass is 9.59. The topological polar surface area (TPSA) is 118 Å². The number of carbonyl (C=O) groups excluding carboxylic acids is 5. The van der Waals surface area contributed by atoms with E-state index in [0.717, 1.165) is 5.57 Å². The van der Waals surface area contributed by atoms with Gasteiger partial charge in [0.2, 0.25) is 11.8 Å². The van der Waals surface area contributed by atoms with Crippen molar-refractivity contribution in [3.8, 4) is 5.75 Å². The predicted molar refractivity (Wildman–Crippen MR) is 169 cm³/mol. The minimum absolute atomic E-state index is 0.0480. The summed E-state index contributed by atoms with van der Waals surface area (Å²) in [6.07, 6.45) is 3.81. The highest BCUT2D eigenvalue weighted by molar-refractivity contribution is 6.25. The summed E-state index contributed by atoms with van der Waals surface area (Å²) in [4.78, 5) is 69.4. The van der Waals surface area contributed by atoms with Gasteiger partial charge in [0.15, 0.2) is 17.3 Å². The monoisotopic (exact) mass is 613 g/mol. The summed E-state index contributed by atoms with van der Waals surface area (Å²) in [5.41, 5.74) is 3.94. The van der Waals surface area contributed by atoms with Crippen LogP contribution in [0.5, 0.6) is 5.75 Å². The van der Waals surface area contributed by atoms with E-state index in [-0.39, 0.29) is 48.8 Å². The molecule has 8 nitrogen and oxygen atoms in total. The number of hydrogen-bond donors (Lipinski definition) is 1. The standard InChI is InChI=1S/C38H31NO7/c1-21-19-30(41)34-29(35(21)42)20-28-25(32(34)26-9-5-6-10-31(26)46-18-17-40)15-16-27-33(28)38(45)39(37(27)44)24-13-11-23(12-14-24)36(43)22-7-3-2-4-8-22/h2-15,19,27-28,32-33,40H,16-18,20H2,1H3. The van der Waals surface area contributed by atoms with Gasteiger partial charge in [0.1, 0.15) is 12.4 Å². The fourth-order valence-electron chi connectivity index (χ4n) is 7.52. The Bertz CT molecular complexity index is 1900. The Labute approximate surface area is 265 Å². The zero-order chi connectivity index (χ0) is 32.1. The Balaban J connectivity index is 1.26. The first-order valence-electron chi connectivity index (χ1n) is 15.4. The molecule has 4 atom stereocenters. The molecule has 0 saturated carbocycles. The number of anilines is 1. The second-order valence-corrected chi connectivity index (χ2v) is 12.1. The molecule has 3 aromatic carbocycles. The average Bonchev–Trinajstić information content (AvgIpc) is 3.34. The molecule has 0 bridgehead atoms. The molecule has 1 heterocycles. The van der Waals surface area contributed by atoms with Crippen LogP contribution in [-0.4, -0.2) is 47.5 Å². The van der Waals surface area contributed by atoms with Gasteiger partial charge in [0, 0.05) is 39.3 Å². The number of ketones is 3. The van der Waals surface area contributed by atoms with Crippen molar-refractivity contribution in [3.63, 3.8) is 0 Å². The molecule has 0 radical (unpaired) electrons. The van der Waals surface area contributed by atoms with E-state index in [2.05, 4.69) is 0 Å². The second kappa shape index (κ2) is 11.6. The van der Waals surface area contributed by atoms with Gasteiger partial charge in [-0.25, -0.2) is 0 Å². The molecular weight excluding hydrogens is 582 g/mol. The Morgan fingerprint density at radius 2 is 1.57 bits per heavy atom. The maximum Gasteiger partial charge on any atom is 0.238 e. The van der Waals surface area contributed by atoms with Gasteiger partial charge >= 0.3 is 0 Å². The number of fused-ring (bicyclic) bond motifs is 3. The normalized spacial score (nSPS) is 23.8. The first kappa shape index (κ1) is 29.5. The van der Waals surface area contributed by atoms with Crippen molar-refractivity contribution in [2.75, 3.05) is 18.1 Å². The number of para-hydroxylation sites is 1. The highest BCUT2D eigenvalue weighted by Crippen LogP contribution is 2.56.